The minimum absolute atomic E-state index is 0.232. The lowest BCUT2D eigenvalue weighted by molar-refractivity contribution is -0.144. The molecule has 0 spiro atoms. The number of rotatable bonds is 7. The van der Waals surface area contributed by atoms with Gasteiger partial charge in [-0.25, -0.2) is 0 Å². The Hall–Kier alpha value is -0.300. The fourth-order valence-corrected chi connectivity index (χ4v) is 3.73. The Balaban J connectivity index is 1.85. The third-order valence-corrected chi connectivity index (χ3v) is 5.12. The maximum atomic E-state index is 11.5. The topological polar surface area (TPSA) is 89.8 Å². The van der Waals surface area contributed by atoms with Gasteiger partial charge in [0.15, 0.2) is 0 Å². The van der Waals surface area contributed by atoms with E-state index in [1.807, 2.05) is 0 Å². The zero-order valence-corrected chi connectivity index (χ0v) is 11.2. The molecule has 3 unspecified atom stereocenters. The fraction of sp³-hybridized carbons (Fsp3) is 0.917. The third-order valence-electron chi connectivity index (χ3n) is 3.67. The molecule has 5 nitrogen and oxygen atoms in total. The Morgan fingerprint density at radius 1 is 1.44 bits per heavy atom. The summed E-state index contributed by atoms with van der Waals surface area (Å²) in [6.45, 7) is -0.232. The van der Waals surface area contributed by atoms with Gasteiger partial charge in [-0.2, -0.15) is 11.8 Å². The fourth-order valence-electron chi connectivity index (χ4n) is 2.45. The van der Waals surface area contributed by atoms with Crippen LogP contribution in [0.4, 0.5) is 0 Å². The lowest BCUT2D eigenvalue weighted by atomic mass is 9.98. The van der Waals surface area contributed by atoms with Crippen molar-refractivity contribution in [3.63, 3.8) is 0 Å². The van der Waals surface area contributed by atoms with Gasteiger partial charge in [-0.3, -0.25) is 10.1 Å². The zero-order valence-electron chi connectivity index (χ0n) is 10.3. The Kier molecular flexibility index (Phi) is 4.53. The van der Waals surface area contributed by atoms with E-state index in [2.05, 4.69) is 5.32 Å². The van der Waals surface area contributed by atoms with Crippen molar-refractivity contribution >= 4 is 17.7 Å². The number of hydrogen-bond donors (Lipinski definition) is 4. The van der Waals surface area contributed by atoms with Gasteiger partial charge in [-0.1, -0.05) is 0 Å². The van der Waals surface area contributed by atoms with Gasteiger partial charge < -0.3 is 15.3 Å². The van der Waals surface area contributed by atoms with E-state index in [1.54, 1.807) is 11.8 Å². The lowest BCUT2D eigenvalue weighted by Crippen LogP contribution is -2.51. The summed E-state index contributed by atoms with van der Waals surface area (Å²) >= 11 is 1.57. The van der Waals surface area contributed by atoms with Crippen LogP contribution >= 0.6 is 11.8 Å². The molecule has 4 N–H and O–H groups in total. The molecule has 3 atom stereocenters. The molecule has 0 bridgehead atoms. The van der Waals surface area contributed by atoms with Gasteiger partial charge in [-0.05, 0) is 32.1 Å². The van der Waals surface area contributed by atoms with Crippen LogP contribution in [0.3, 0.4) is 0 Å². The summed E-state index contributed by atoms with van der Waals surface area (Å²) in [4.78, 5) is 11.5. The molecule has 18 heavy (non-hydrogen) atoms. The van der Waals surface area contributed by atoms with Crippen molar-refractivity contribution in [1.82, 2.24) is 5.32 Å². The second kappa shape index (κ2) is 5.77. The maximum absolute atomic E-state index is 11.5. The number of aliphatic hydroxyl groups excluding tert-OH is 2. The normalized spacial score (nSPS) is 33.6. The highest BCUT2D eigenvalue weighted by Crippen LogP contribution is 2.39. The quantitative estimate of drug-likeness (QED) is 0.531. The van der Waals surface area contributed by atoms with Crippen LogP contribution < -0.4 is 5.32 Å². The predicted octanol–water partition coefficient (Wildman–Crippen LogP) is 0.201. The molecular weight excluding hydrogens is 254 g/mol. The van der Waals surface area contributed by atoms with Crippen LogP contribution in [0.2, 0.25) is 0 Å². The van der Waals surface area contributed by atoms with Crippen molar-refractivity contribution in [3.05, 3.63) is 0 Å². The molecule has 2 rings (SSSR count). The van der Waals surface area contributed by atoms with Crippen molar-refractivity contribution in [3.8, 4) is 0 Å². The number of thioether (sulfide) groups is 1. The number of aliphatic carboxylic acids is 1. The summed E-state index contributed by atoms with van der Waals surface area (Å²) in [7, 11) is 0. The van der Waals surface area contributed by atoms with E-state index < -0.39 is 17.6 Å². The van der Waals surface area contributed by atoms with E-state index in [0.29, 0.717) is 24.6 Å². The van der Waals surface area contributed by atoms with Crippen molar-refractivity contribution in [2.75, 3.05) is 12.4 Å². The molecule has 0 amide bonds. The van der Waals surface area contributed by atoms with E-state index in [9.17, 15) is 15.0 Å². The average Bonchev–Trinajstić information content (AvgIpc) is 3.05. The molecule has 0 aromatic rings. The number of aliphatic hydroxyl groups is 2. The summed E-state index contributed by atoms with van der Waals surface area (Å²) in [5.74, 6) is -0.277. The minimum Gasteiger partial charge on any atom is -0.480 e. The SMILES string of the molecule is O=C(O)C1(NC2CC2)CCC(SCC(O)CO)C1. The minimum atomic E-state index is -0.761. The van der Waals surface area contributed by atoms with Crippen LogP contribution in [0.5, 0.6) is 0 Å². The number of nitrogens with one attached hydrogen (secondary N) is 1. The Morgan fingerprint density at radius 3 is 2.72 bits per heavy atom. The first-order valence-electron chi connectivity index (χ1n) is 6.47. The van der Waals surface area contributed by atoms with Crippen LogP contribution in [0.15, 0.2) is 0 Å². The van der Waals surface area contributed by atoms with Gasteiger partial charge in [0.05, 0.1) is 12.7 Å². The molecule has 104 valence electrons. The molecule has 0 radical (unpaired) electrons. The van der Waals surface area contributed by atoms with Crippen LogP contribution in [0.1, 0.15) is 32.1 Å². The van der Waals surface area contributed by atoms with Crippen LogP contribution in [0.25, 0.3) is 0 Å². The van der Waals surface area contributed by atoms with Gasteiger partial charge in [0, 0.05) is 17.0 Å². The van der Waals surface area contributed by atoms with Crippen molar-refractivity contribution in [2.45, 2.75) is 55.0 Å². The highest BCUT2D eigenvalue weighted by atomic mass is 32.2. The van der Waals surface area contributed by atoms with E-state index in [1.165, 1.54) is 0 Å². The monoisotopic (exact) mass is 275 g/mol. The lowest BCUT2D eigenvalue weighted by Gasteiger charge is -2.26. The number of carbonyl (C=O) groups is 1. The molecule has 2 aliphatic carbocycles. The number of carboxylic acid groups (broad SMARTS) is 1. The summed E-state index contributed by atoms with van der Waals surface area (Å²) in [6, 6.07) is 0.382. The second-order valence-electron chi connectivity index (χ2n) is 5.34. The molecule has 0 heterocycles. The molecule has 6 heteroatoms. The first-order chi connectivity index (χ1) is 8.55. The standard InChI is InChI=1S/C12H21NO4S/c14-6-9(15)7-18-10-3-4-12(5-10,11(16)17)13-8-1-2-8/h8-10,13-15H,1-7H2,(H,16,17). The molecule has 2 aliphatic rings. The highest BCUT2D eigenvalue weighted by Gasteiger charge is 2.48. The summed E-state index contributed by atoms with van der Waals surface area (Å²) < 4.78 is 0. The highest BCUT2D eigenvalue weighted by molar-refractivity contribution is 7.99. The largest absolute Gasteiger partial charge is 0.480 e. The summed E-state index contributed by atoms with van der Waals surface area (Å²) in [6.07, 6.45) is 3.58. The first-order valence-corrected chi connectivity index (χ1v) is 7.52. The number of carboxylic acids is 1. The molecule has 0 aromatic heterocycles. The predicted molar refractivity (Wildman–Crippen MR) is 69.7 cm³/mol. The van der Waals surface area contributed by atoms with Gasteiger partial charge in [0.2, 0.25) is 0 Å². The van der Waals surface area contributed by atoms with Gasteiger partial charge in [-0.15, -0.1) is 0 Å². The molecule has 2 fully saturated rings. The molecule has 0 aromatic carbocycles. The molecule has 0 saturated heterocycles. The Morgan fingerprint density at radius 2 is 2.17 bits per heavy atom. The van der Waals surface area contributed by atoms with E-state index >= 15 is 0 Å². The van der Waals surface area contributed by atoms with Gasteiger partial charge in [0.25, 0.3) is 0 Å². The first kappa shape index (κ1) is 14.1. The smallest absolute Gasteiger partial charge is 0.323 e. The molecule has 0 aliphatic heterocycles. The van der Waals surface area contributed by atoms with Gasteiger partial charge in [0.1, 0.15) is 5.54 Å². The second-order valence-corrected chi connectivity index (χ2v) is 6.67. The summed E-state index contributed by atoms with van der Waals surface area (Å²) in [5.41, 5.74) is -0.761. The van der Waals surface area contributed by atoms with Crippen molar-refractivity contribution in [1.29, 1.82) is 0 Å². The van der Waals surface area contributed by atoms with E-state index in [-0.39, 0.29) is 11.9 Å². The third kappa shape index (κ3) is 3.38. The average molecular weight is 275 g/mol. The van der Waals surface area contributed by atoms with Crippen molar-refractivity contribution < 1.29 is 20.1 Å². The van der Waals surface area contributed by atoms with Crippen LogP contribution in [-0.2, 0) is 4.79 Å². The maximum Gasteiger partial charge on any atom is 0.323 e. The van der Waals surface area contributed by atoms with E-state index in [4.69, 9.17) is 5.11 Å². The summed E-state index contributed by atoms with van der Waals surface area (Å²) in [5, 5.41) is 31.0. The molecular formula is C12H21NO4S. The van der Waals surface area contributed by atoms with E-state index in [0.717, 1.165) is 19.3 Å². The Bertz CT molecular complexity index is 310. The molecule has 2 saturated carbocycles. The van der Waals surface area contributed by atoms with Crippen molar-refractivity contribution in [2.24, 2.45) is 0 Å². The number of hydrogen-bond acceptors (Lipinski definition) is 5. The zero-order chi connectivity index (χ0) is 13.2. The van der Waals surface area contributed by atoms with Crippen LogP contribution in [-0.4, -0.2) is 56.6 Å². The van der Waals surface area contributed by atoms with Crippen LogP contribution in [0, 0.1) is 0 Å². The Labute approximate surface area is 111 Å². The van der Waals surface area contributed by atoms with Gasteiger partial charge >= 0.3 is 5.97 Å².